The van der Waals surface area contributed by atoms with Crippen molar-refractivity contribution in [2.75, 3.05) is 5.32 Å². The van der Waals surface area contributed by atoms with Crippen LogP contribution in [0.1, 0.15) is 49.0 Å². The lowest BCUT2D eigenvalue weighted by molar-refractivity contribution is -0.115. The third-order valence-corrected chi connectivity index (χ3v) is 7.79. The molecule has 2 N–H and O–H groups in total. The van der Waals surface area contributed by atoms with Crippen LogP contribution in [0.25, 0.3) is 10.2 Å². The maximum absolute atomic E-state index is 12.7. The third kappa shape index (κ3) is 4.11. The van der Waals surface area contributed by atoms with Crippen molar-refractivity contribution in [2.24, 2.45) is 5.92 Å². The summed E-state index contributed by atoms with van der Waals surface area (Å²) in [5.74, 6) is 2.37. The van der Waals surface area contributed by atoms with E-state index in [4.69, 9.17) is 0 Å². The Balaban J connectivity index is 1.40. The van der Waals surface area contributed by atoms with Gasteiger partial charge < -0.3 is 10.3 Å². The molecule has 0 bridgehead atoms. The summed E-state index contributed by atoms with van der Waals surface area (Å²) in [5.41, 5.74) is 0.880. The van der Waals surface area contributed by atoms with Gasteiger partial charge in [0.25, 0.3) is 5.56 Å². The zero-order valence-electron chi connectivity index (χ0n) is 17.0. The van der Waals surface area contributed by atoms with Crippen LogP contribution in [0.5, 0.6) is 0 Å². The number of fused-ring (bicyclic) bond motifs is 1. The number of hydrogen-bond donors (Lipinski definition) is 2. The maximum atomic E-state index is 12.7. The third-order valence-electron chi connectivity index (χ3n) is 5.54. The van der Waals surface area contributed by atoms with E-state index in [1.54, 1.807) is 6.20 Å². The van der Waals surface area contributed by atoms with Crippen molar-refractivity contribution in [1.29, 1.82) is 0 Å². The smallest absolute Gasteiger partial charge is 0.259 e. The van der Waals surface area contributed by atoms with Crippen molar-refractivity contribution < 1.29 is 4.79 Å². The first-order chi connectivity index (χ1) is 13.8. The molecule has 1 fully saturated rings. The maximum Gasteiger partial charge on any atom is 0.259 e. The Morgan fingerprint density at radius 2 is 2.17 bits per heavy atom. The van der Waals surface area contributed by atoms with E-state index in [0.29, 0.717) is 28.9 Å². The van der Waals surface area contributed by atoms with Gasteiger partial charge in [0.2, 0.25) is 5.91 Å². The fourth-order valence-electron chi connectivity index (χ4n) is 3.39. The van der Waals surface area contributed by atoms with Crippen molar-refractivity contribution >= 4 is 45.0 Å². The van der Waals surface area contributed by atoms with Gasteiger partial charge >= 0.3 is 0 Å². The van der Waals surface area contributed by atoms with Gasteiger partial charge in [-0.1, -0.05) is 0 Å². The fraction of sp³-hybridized carbons (Fsp3) is 0.500. The second-order valence-corrected chi connectivity index (χ2v) is 10.2. The molecule has 1 saturated carbocycles. The number of aromatic nitrogens is 4. The molecule has 2 atom stereocenters. The second-order valence-electron chi connectivity index (χ2n) is 7.66. The van der Waals surface area contributed by atoms with E-state index in [1.807, 2.05) is 31.5 Å². The van der Waals surface area contributed by atoms with Crippen LogP contribution in [0, 0.1) is 19.8 Å². The predicted octanol–water partition coefficient (Wildman–Crippen LogP) is 4.03. The highest BCUT2D eigenvalue weighted by atomic mass is 32.2. The number of hydrogen-bond acceptors (Lipinski definition) is 6. The van der Waals surface area contributed by atoms with Crippen molar-refractivity contribution in [2.45, 2.75) is 57.6 Å². The van der Waals surface area contributed by atoms with Gasteiger partial charge in [0, 0.05) is 10.9 Å². The van der Waals surface area contributed by atoms with E-state index in [1.165, 1.54) is 35.9 Å². The number of anilines is 1. The molecule has 0 aromatic carbocycles. The molecule has 2 unspecified atom stereocenters. The Bertz CT molecular complexity index is 1110. The van der Waals surface area contributed by atoms with Crippen LogP contribution < -0.4 is 10.9 Å². The summed E-state index contributed by atoms with van der Waals surface area (Å²) in [7, 11) is 0. The highest BCUT2D eigenvalue weighted by molar-refractivity contribution is 7.99. The lowest BCUT2D eigenvalue weighted by Gasteiger charge is -2.17. The molecular weight excluding hydrogens is 406 g/mol. The summed E-state index contributed by atoms with van der Waals surface area (Å²) in [6.45, 7) is 7.95. The zero-order chi connectivity index (χ0) is 20.7. The lowest BCUT2D eigenvalue weighted by atomic mass is 10.2. The average molecular weight is 432 g/mol. The van der Waals surface area contributed by atoms with E-state index < -0.39 is 0 Å². The largest absolute Gasteiger partial charge is 0.310 e. The summed E-state index contributed by atoms with van der Waals surface area (Å²) >= 11 is 2.98. The van der Waals surface area contributed by atoms with Gasteiger partial charge in [-0.3, -0.25) is 9.59 Å². The minimum atomic E-state index is -0.289. The Hall–Kier alpha value is -2.13. The zero-order valence-corrected chi connectivity index (χ0v) is 18.6. The molecule has 3 heterocycles. The molecule has 29 heavy (non-hydrogen) atoms. The molecule has 0 spiro atoms. The molecule has 3 aromatic rings. The van der Waals surface area contributed by atoms with Crippen LogP contribution >= 0.6 is 23.1 Å². The number of nitrogens with one attached hydrogen (secondary N) is 2. The molecule has 1 amide bonds. The predicted molar refractivity (Wildman–Crippen MR) is 119 cm³/mol. The molecule has 1 aliphatic rings. The molecule has 0 saturated heterocycles. The van der Waals surface area contributed by atoms with Crippen LogP contribution in [0.3, 0.4) is 0 Å². The quantitative estimate of drug-likeness (QED) is 0.589. The minimum Gasteiger partial charge on any atom is -0.310 e. The van der Waals surface area contributed by atoms with Gasteiger partial charge in [-0.2, -0.15) is 5.10 Å². The summed E-state index contributed by atoms with van der Waals surface area (Å²) < 4.78 is 1.90. The molecule has 154 valence electrons. The first kappa shape index (κ1) is 20.2. The van der Waals surface area contributed by atoms with Crippen LogP contribution in [0.15, 0.2) is 17.1 Å². The number of thiophene rings is 1. The summed E-state index contributed by atoms with van der Waals surface area (Å²) in [4.78, 5) is 34.4. The number of aromatic amines is 1. The number of amides is 1. The van der Waals surface area contributed by atoms with E-state index in [9.17, 15) is 9.59 Å². The van der Waals surface area contributed by atoms with E-state index in [-0.39, 0.29) is 16.7 Å². The second kappa shape index (κ2) is 7.95. The Kier molecular flexibility index (Phi) is 5.52. The van der Waals surface area contributed by atoms with Crippen molar-refractivity contribution in [3.8, 4) is 0 Å². The lowest BCUT2D eigenvalue weighted by Crippen LogP contribution is -2.25. The minimum absolute atomic E-state index is 0.0778. The standard InChI is InChI=1S/C20H25N5O2S2/c1-10-12(3)29-20-17(10)19(27)22-15(23-20)9-28-13(4)18(26)24-16-7-8-21-25(16)11(2)14-5-6-14/h7-8,11,13-14H,5-6,9H2,1-4H3,(H,24,26)(H,22,23,27). The molecular formula is C20H25N5O2S2. The number of carbonyl (C=O) groups excluding carboxylic acids is 1. The molecule has 0 radical (unpaired) electrons. The number of nitrogens with zero attached hydrogens (tertiary/aromatic N) is 3. The van der Waals surface area contributed by atoms with Crippen molar-refractivity contribution in [3.63, 3.8) is 0 Å². The number of carbonyl (C=O) groups is 1. The van der Waals surface area contributed by atoms with Crippen LogP contribution in [-0.4, -0.2) is 30.9 Å². The Labute approximate surface area is 177 Å². The number of thioether (sulfide) groups is 1. The number of H-pyrrole nitrogens is 1. The first-order valence-electron chi connectivity index (χ1n) is 9.80. The Morgan fingerprint density at radius 3 is 2.90 bits per heavy atom. The average Bonchev–Trinajstić information content (AvgIpc) is 3.37. The molecule has 9 heteroatoms. The highest BCUT2D eigenvalue weighted by Gasteiger charge is 2.31. The number of rotatable bonds is 7. The van der Waals surface area contributed by atoms with Gasteiger partial charge in [0.1, 0.15) is 16.5 Å². The van der Waals surface area contributed by atoms with Gasteiger partial charge in [0.05, 0.1) is 28.6 Å². The molecule has 0 aliphatic heterocycles. The van der Waals surface area contributed by atoms with Gasteiger partial charge in [-0.05, 0) is 52.0 Å². The van der Waals surface area contributed by atoms with E-state index in [0.717, 1.165) is 21.1 Å². The highest BCUT2D eigenvalue weighted by Crippen LogP contribution is 2.40. The van der Waals surface area contributed by atoms with Gasteiger partial charge in [-0.25, -0.2) is 9.67 Å². The normalized spacial score (nSPS) is 16.1. The summed E-state index contributed by atoms with van der Waals surface area (Å²) in [6, 6.07) is 2.13. The SMILES string of the molecule is Cc1sc2nc(CSC(C)C(=O)Nc3ccnn3C(C)C3CC3)[nH]c(=O)c2c1C. The molecule has 4 rings (SSSR count). The Morgan fingerprint density at radius 1 is 1.41 bits per heavy atom. The monoisotopic (exact) mass is 431 g/mol. The van der Waals surface area contributed by atoms with Gasteiger partial charge in [0.15, 0.2) is 0 Å². The number of aryl methyl sites for hydroxylation is 2. The van der Waals surface area contributed by atoms with Crippen LogP contribution in [0.2, 0.25) is 0 Å². The topological polar surface area (TPSA) is 92.7 Å². The molecule has 7 nitrogen and oxygen atoms in total. The molecule has 3 aromatic heterocycles. The van der Waals surface area contributed by atoms with Crippen LogP contribution in [0.4, 0.5) is 5.82 Å². The van der Waals surface area contributed by atoms with Crippen LogP contribution in [-0.2, 0) is 10.5 Å². The first-order valence-corrected chi connectivity index (χ1v) is 11.7. The molecule has 1 aliphatic carbocycles. The summed E-state index contributed by atoms with van der Waals surface area (Å²) in [5, 5.41) is 7.75. The fourth-order valence-corrected chi connectivity index (χ4v) is 5.19. The van der Waals surface area contributed by atoms with E-state index >= 15 is 0 Å². The summed E-state index contributed by atoms with van der Waals surface area (Å²) in [6.07, 6.45) is 4.17. The van der Waals surface area contributed by atoms with Gasteiger partial charge in [-0.15, -0.1) is 23.1 Å². The van der Waals surface area contributed by atoms with Crippen molar-refractivity contribution in [1.82, 2.24) is 19.7 Å². The van der Waals surface area contributed by atoms with Crippen molar-refractivity contribution in [3.05, 3.63) is 38.9 Å². The van der Waals surface area contributed by atoms with E-state index in [2.05, 4.69) is 27.3 Å².